The van der Waals surface area contributed by atoms with E-state index in [2.05, 4.69) is 40.8 Å². The number of fused-ring (bicyclic) bond motifs is 1. The fourth-order valence-electron chi connectivity index (χ4n) is 2.94. The van der Waals surface area contributed by atoms with Crippen LogP contribution in [0.3, 0.4) is 0 Å². The number of aliphatic hydroxyl groups is 1. The maximum atomic E-state index is 11.9. The highest BCUT2D eigenvalue weighted by molar-refractivity contribution is 5.74. The second kappa shape index (κ2) is 7.68. The Morgan fingerprint density at radius 1 is 1.30 bits per heavy atom. The van der Waals surface area contributed by atoms with Gasteiger partial charge in [-0.1, -0.05) is 26.0 Å². The van der Waals surface area contributed by atoms with Crippen LogP contribution in [-0.4, -0.2) is 36.9 Å². The summed E-state index contributed by atoms with van der Waals surface area (Å²) in [6, 6.07) is 6.14. The number of nitrogens with one attached hydrogen (secondary N) is 2. The summed E-state index contributed by atoms with van der Waals surface area (Å²) in [5.41, 5.74) is 2.94. The number of hydrogen-bond donors (Lipinski definition) is 3. The van der Waals surface area contributed by atoms with Gasteiger partial charge in [0, 0.05) is 32.4 Å². The van der Waals surface area contributed by atoms with Gasteiger partial charge in [0.25, 0.3) is 0 Å². The van der Waals surface area contributed by atoms with Crippen LogP contribution in [0.1, 0.15) is 44.2 Å². The van der Waals surface area contributed by atoms with Crippen molar-refractivity contribution in [1.29, 1.82) is 0 Å². The molecular formula is C18H29N3O2. The summed E-state index contributed by atoms with van der Waals surface area (Å²) in [7, 11) is 2.12. The first-order valence-corrected chi connectivity index (χ1v) is 8.54. The number of aryl methyl sites for hydroxylation is 1. The van der Waals surface area contributed by atoms with Crippen molar-refractivity contribution in [1.82, 2.24) is 10.6 Å². The molecule has 0 spiro atoms. The first-order chi connectivity index (χ1) is 11.0. The minimum absolute atomic E-state index is 0.236. The van der Waals surface area contributed by atoms with Crippen LogP contribution in [0.2, 0.25) is 0 Å². The monoisotopic (exact) mass is 319 g/mol. The molecule has 2 rings (SSSR count). The summed E-state index contributed by atoms with van der Waals surface area (Å²) in [6.07, 6.45) is 3.53. The number of hydrogen-bond acceptors (Lipinski definition) is 3. The van der Waals surface area contributed by atoms with E-state index >= 15 is 0 Å². The van der Waals surface area contributed by atoms with Crippen molar-refractivity contribution >= 4 is 11.7 Å². The van der Waals surface area contributed by atoms with Gasteiger partial charge in [0.05, 0.1) is 5.60 Å². The predicted molar refractivity (Wildman–Crippen MR) is 93.8 cm³/mol. The van der Waals surface area contributed by atoms with Gasteiger partial charge in [-0.3, -0.25) is 0 Å². The second-order valence-corrected chi connectivity index (χ2v) is 6.46. The van der Waals surface area contributed by atoms with Gasteiger partial charge in [-0.15, -0.1) is 0 Å². The normalized spacial score (nSPS) is 14.3. The molecule has 2 amide bonds. The molecule has 0 aromatic heterocycles. The molecule has 1 aliphatic heterocycles. The van der Waals surface area contributed by atoms with Crippen molar-refractivity contribution in [2.75, 3.05) is 25.0 Å². The molecule has 1 aliphatic rings. The average Bonchev–Trinajstić information content (AvgIpc) is 2.58. The van der Waals surface area contributed by atoms with Gasteiger partial charge < -0.3 is 20.6 Å². The van der Waals surface area contributed by atoms with Crippen LogP contribution in [0.5, 0.6) is 0 Å². The summed E-state index contributed by atoms with van der Waals surface area (Å²) in [5, 5.41) is 15.8. The maximum absolute atomic E-state index is 11.9. The summed E-state index contributed by atoms with van der Waals surface area (Å²) in [4.78, 5) is 14.2. The van der Waals surface area contributed by atoms with E-state index in [9.17, 15) is 9.90 Å². The number of amides is 2. The minimum atomic E-state index is -0.812. The number of anilines is 1. The predicted octanol–water partition coefficient (Wildman–Crippen LogP) is 2.42. The molecule has 1 aromatic carbocycles. The number of urea groups is 1. The van der Waals surface area contributed by atoms with E-state index in [1.807, 2.05) is 13.8 Å². The zero-order valence-electron chi connectivity index (χ0n) is 14.5. The molecule has 5 heteroatoms. The molecule has 128 valence electrons. The van der Waals surface area contributed by atoms with E-state index in [4.69, 9.17) is 0 Å². The van der Waals surface area contributed by atoms with Crippen LogP contribution in [0.25, 0.3) is 0 Å². The Kier molecular flexibility index (Phi) is 5.88. The fraction of sp³-hybridized carbons (Fsp3) is 0.611. The van der Waals surface area contributed by atoms with Crippen LogP contribution < -0.4 is 15.5 Å². The third kappa shape index (κ3) is 4.61. The van der Waals surface area contributed by atoms with E-state index in [0.29, 0.717) is 19.4 Å². The third-order valence-corrected chi connectivity index (χ3v) is 4.84. The van der Waals surface area contributed by atoms with Crippen molar-refractivity contribution in [2.24, 2.45) is 0 Å². The molecule has 0 fully saturated rings. The zero-order chi connectivity index (χ0) is 16.9. The number of carbonyl (C=O) groups is 1. The Morgan fingerprint density at radius 3 is 2.74 bits per heavy atom. The Labute approximate surface area is 139 Å². The largest absolute Gasteiger partial charge is 0.388 e. The summed E-state index contributed by atoms with van der Waals surface area (Å²) < 4.78 is 0. The van der Waals surface area contributed by atoms with Gasteiger partial charge in [0.15, 0.2) is 0 Å². The molecule has 3 N–H and O–H groups in total. The molecule has 0 saturated carbocycles. The Morgan fingerprint density at radius 2 is 2.04 bits per heavy atom. The molecule has 0 saturated heterocycles. The van der Waals surface area contributed by atoms with Crippen LogP contribution in [0.15, 0.2) is 18.2 Å². The lowest BCUT2D eigenvalue weighted by molar-refractivity contribution is 0.0349. The van der Waals surface area contributed by atoms with E-state index in [-0.39, 0.29) is 12.6 Å². The Balaban J connectivity index is 1.85. The lowest BCUT2D eigenvalue weighted by Crippen LogP contribution is -2.45. The molecule has 0 aliphatic carbocycles. The van der Waals surface area contributed by atoms with Gasteiger partial charge in [-0.05, 0) is 42.9 Å². The van der Waals surface area contributed by atoms with E-state index in [1.54, 1.807) is 0 Å². The average molecular weight is 319 g/mol. The molecule has 1 heterocycles. The van der Waals surface area contributed by atoms with Crippen LogP contribution in [-0.2, 0) is 13.0 Å². The lowest BCUT2D eigenvalue weighted by atomic mass is 9.98. The van der Waals surface area contributed by atoms with E-state index < -0.39 is 5.60 Å². The van der Waals surface area contributed by atoms with Crippen LogP contribution in [0.4, 0.5) is 10.5 Å². The summed E-state index contributed by atoms with van der Waals surface area (Å²) in [5.74, 6) is 0. The Hall–Kier alpha value is -1.75. The second-order valence-electron chi connectivity index (χ2n) is 6.46. The highest BCUT2D eigenvalue weighted by Crippen LogP contribution is 2.26. The molecule has 0 unspecified atom stereocenters. The highest BCUT2D eigenvalue weighted by Gasteiger charge is 2.22. The lowest BCUT2D eigenvalue weighted by Gasteiger charge is -2.28. The summed E-state index contributed by atoms with van der Waals surface area (Å²) >= 11 is 0. The minimum Gasteiger partial charge on any atom is -0.388 e. The summed E-state index contributed by atoms with van der Waals surface area (Å²) in [6.45, 7) is 5.73. The quantitative estimate of drug-likeness (QED) is 0.754. The van der Waals surface area contributed by atoms with Crippen molar-refractivity contribution in [3.63, 3.8) is 0 Å². The number of nitrogens with zero attached hydrogens (tertiary/aromatic N) is 1. The molecule has 23 heavy (non-hydrogen) atoms. The van der Waals surface area contributed by atoms with E-state index in [0.717, 1.165) is 18.5 Å². The first kappa shape index (κ1) is 17.6. The molecule has 0 atom stereocenters. The number of rotatable bonds is 6. The molecule has 1 aromatic rings. The standard InChI is InChI=1S/C18H29N3O2/c1-4-18(23,5-2)13-20-17(22)19-12-14-8-9-16-15(11-14)7-6-10-21(16)3/h8-9,11,23H,4-7,10,12-13H2,1-3H3,(H2,19,20,22). The maximum Gasteiger partial charge on any atom is 0.315 e. The molecule has 0 radical (unpaired) electrons. The van der Waals surface area contributed by atoms with Crippen molar-refractivity contribution in [3.8, 4) is 0 Å². The van der Waals surface area contributed by atoms with Crippen LogP contribution in [0, 0.1) is 0 Å². The molecule has 0 bridgehead atoms. The van der Waals surface area contributed by atoms with Gasteiger partial charge in [0.1, 0.15) is 0 Å². The first-order valence-electron chi connectivity index (χ1n) is 8.54. The molecule has 5 nitrogen and oxygen atoms in total. The zero-order valence-corrected chi connectivity index (χ0v) is 14.5. The Bertz CT molecular complexity index is 541. The number of benzene rings is 1. The topological polar surface area (TPSA) is 64.6 Å². The van der Waals surface area contributed by atoms with E-state index in [1.165, 1.54) is 17.7 Å². The van der Waals surface area contributed by atoms with Gasteiger partial charge >= 0.3 is 6.03 Å². The van der Waals surface area contributed by atoms with Crippen molar-refractivity contribution < 1.29 is 9.90 Å². The van der Waals surface area contributed by atoms with Gasteiger partial charge in [-0.2, -0.15) is 0 Å². The van der Waals surface area contributed by atoms with Gasteiger partial charge in [-0.25, -0.2) is 4.79 Å². The van der Waals surface area contributed by atoms with Crippen molar-refractivity contribution in [2.45, 2.75) is 51.7 Å². The molecular weight excluding hydrogens is 290 g/mol. The van der Waals surface area contributed by atoms with Gasteiger partial charge in [0.2, 0.25) is 0 Å². The third-order valence-electron chi connectivity index (χ3n) is 4.84. The SMILES string of the molecule is CCC(O)(CC)CNC(=O)NCc1ccc2c(c1)CCCN2C. The smallest absolute Gasteiger partial charge is 0.315 e. The number of carbonyl (C=O) groups excluding carboxylic acids is 1. The van der Waals surface area contributed by atoms with Crippen LogP contribution >= 0.6 is 0 Å². The highest BCUT2D eigenvalue weighted by atomic mass is 16.3. The fourth-order valence-corrected chi connectivity index (χ4v) is 2.94. The van der Waals surface area contributed by atoms with Crippen molar-refractivity contribution in [3.05, 3.63) is 29.3 Å².